The van der Waals surface area contributed by atoms with Crippen molar-refractivity contribution in [2.24, 2.45) is 0 Å². The standard InChI is InChI=1S/C19H19N3O3S/c1-3-13-4-8-16(9-5-13)25-12-17(23)20-19-21-18(22-26-19)14-6-10-15(24-2)11-7-14/h4-11H,3,12H2,1-2H3,(H,20,21,22,23). The fourth-order valence-corrected chi connectivity index (χ4v) is 2.86. The molecule has 0 radical (unpaired) electrons. The molecule has 1 heterocycles. The number of ether oxygens (including phenoxy) is 2. The Kier molecular flexibility index (Phi) is 5.80. The molecule has 0 aliphatic rings. The van der Waals surface area contributed by atoms with Gasteiger partial charge in [0, 0.05) is 17.1 Å². The highest BCUT2D eigenvalue weighted by atomic mass is 32.1. The Morgan fingerprint density at radius 2 is 1.77 bits per heavy atom. The van der Waals surface area contributed by atoms with Crippen molar-refractivity contribution in [3.8, 4) is 22.9 Å². The molecule has 0 saturated carbocycles. The number of benzene rings is 2. The fourth-order valence-electron chi connectivity index (χ4n) is 2.26. The first kappa shape index (κ1) is 17.9. The second-order valence-corrected chi connectivity index (χ2v) is 6.24. The van der Waals surface area contributed by atoms with Gasteiger partial charge in [0.1, 0.15) is 11.5 Å². The van der Waals surface area contributed by atoms with Crippen molar-refractivity contribution in [2.75, 3.05) is 19.0 Å². The maximum atomic E-state index is 12.0. The average molecular weight is 369 g/mol. The van der Waals surface area contributed by atoms with E-state index in [1.54, 1.807) is 7.11 Å². The van der Waals surface area contributed by atoms with Crippen LogP contribution < -0.4 is 14.8 Å². The number of anilines is 1. The summed E-state index contributed by atoms with van der Waals surface area (Å²) >= 11 is 1.13. The molecule has 134 valence electrons. The van der Waals surface area contributed by atoms with E-state index >= 15 is 0 Å². The molecule has 0 aliphatic carbocycles. The lowest BCUT2D eigenvalue weighted by Crippen LogP contribution is -2.20. The fraction of sp³-hybridized carbons (Fsp3) is 0.211. The van der Waals surface area contributed by atoms with Crippen molar-refractivity contribution in [3.05, 3.63) is 54.1 Å². The first-order valence-corrected chi connectivity index (χ1v) is 8.95. The number of methoxy groups -OCH3 is 1. The molecular formula is C19H19N3O3S. The predicted octanol–water partition coefficient (Wildman–Crippen LogP) is 3.79. The molecule has 0 aliphatic heterocycles. The van der Waals surface area contributed by atoms with Crippen molar-refractivity contribution in [2.45, 2.75) is 13.3 Å². The number of nitrogens with zero attached hydrogens (tertiary/aromatic N) is 2. The van der Waals surface area contributed by atoms with Crippen LogP contribution in [-0.4, -0.2) is 29.0 Å². The molecule has 1 amide bonds. The summed E-state index contributed by atoms with van der Waals surface area (Å²) in [7, 11) is 1.62. The van der Waals surface area contributed by atoms with E-state index in [4.69, 9.17) is 9.47 Å². The smallest absolute Gasteiger partial charge is 0.264 e. The summed E-state index contributed by atoms with van der Waals surface area (Å²) in [6.45, 7) is 2.01. The van der Waals surface area contributed by atoms with Gasteiger partial charge in [-0.2, -0.15) is 9.36 Å². The zero-order valence-corrected chi connectivity index (χ0v) is 15.4. The van der Waals surface area contributed by atoms with E-state index in [2.05, 4.69) is 21.6 Å². The summed E-state index contributed by atoms with van der Waals surface area (Å²) < 4.78 is 14.9. The minimum absolute atomic E-state index is 0.0804. The van der Waals surface area contributed by atoms with Gasteiger partial charge in [-0.3, -0.25) is 10.1 Å². The topological polar surface area (TPSA) is 73.3 Å². The molecule has 0 spiro atoms. The van der Waals surface area contributed by atoms with Crippen LogP contribution in [0.2, 0.25) is 0 Å². The third-order valence-corrected chi connectivity index (χ3v) is 4.35. The van der Waals surface area contributed by atoms with Gasteiger partial charge in [0.2, 0.25) is 5.13 Å². The monoisotopic (exact) mass is 369 g/mol. The quantitative estimate of drug-likeness (QED) is 0.686. The van der Waals surface area contributed by atoms with Gasteiger partial charge >= 0.3 is 0 Å². The molecule has 0 fully saturated rings. The molecule has 6 nitrogen and oxygen atoms in total. The summed E-state index contributed by atoms with van der Waals surface area (Å²) in [5.74, 6) is 1.71. The first-order valence-electron chi connectivity index (χ1n) is 8.17. The van der Waals surface area contributed by atoms with Gasteiger partial charge in [-0.05, 0) is 48.4 Å². The summed E-state index contributed by atoms with van der Waals surface area (Å²) in [6, 6.07) is 15.1. The number of aryl methyl sites for hydroxylation is 1. The molecule has 0 bridgehead atoms. The summed E-state index contributed by atoms with van der Waals surface area (Å²) in [4.78, 5) is 16.4. The molecule has 26 heavy (non-hydrogen) atoms. The van der Waals surface area contributed by atoms with Crippen molar-refractivity contribution in [1.29, 1.82) is 0 Å². The van der Waals surface area contributed by atoms with Crippen LogP contribution in [0.15, 0.2) is 48.5 Å². The Balaban J connectivity index is 1.55. The Morgan fingerprint density at radius 3 is 2.42 bits per heavy atom. The zero-order chi connectivity index (χ0) is 18.4. The van der Waals surface area contributed by atoms with Crippen LogP contribution >= 0.6 is 11.5 Å². The number of hydrogen-bond acceptors (Lipinski definition) is 6. The number of carbonyl (C=O) groups excluding carboxylic acids is 1. The number of carbonyl (C=O) groups is 1. The summed E-state index contributed by atoms with van der Waals surface area (Å²) in [5.41, 5.74) is 2.08. The number of aromatic nitrogens is 2. The summed E-state index contributed by atoms with van der Waals surface area (Å²) in [6.07, 6.45) is 0.967. The lowest BCUT2D eigenvalue weighted by Gasteiger charge is -2.06. The normalized spacial score (nSPS) is 10.4. The molecule has 1 N–H and O–H groups in total. The number of amides is 1. The van der Waals surface area contributed by atoms with Gasteiger partial charge in [-0.1, -0.05) is 19.1 Å². The molecule has 0 atom stereocenters. The second-order valence-electron chi connectivity index (χ2n) is 5.49. The number of hydrogen-bond donors (Lipinski definition) is 1. The maximum absolute atomic E-state index is 12.0. The minimum atomic E-state index is -0.276. The molecule has 2 aromatic carbocycles. The second kappa shape index (κ2) is 8.44. The number of nitrogens with one attached hydrogen (secondary N) is 1. The Bertz CT molecular complexity index is 860. The van der Waals surface area contributed by atoms with Crippen molar-refractivity contribution in [1.82, 2.24) is 9.36 Å². The van der Waals surface area contributed by atoms with E-state index in [0.717, 1.165) is 29.3 Å². The van der Waals surface area contributed by atoms with Crippen LogP contribution in [0.4, 0.5) is 5.13 Å². The molecule has 3 rings (SSSR count). The first-order chi connectivity index (χ1) is 12.7. The van der Waals surface area contributed by atoms with E-state index in [0.29, 0.717) is 16.7 Å². The lowest BCUT2D eigenvalue weighted by molar-refractivity contribution is -0.118. The van der Waals surface area contributed by atoms with Gasteiger partial charge < -0.3 is 9.47 Å². The van der Waals surface area contributed by atoms with Crippen LogP contribution in [0.3, 0.4) is 0 Å². The van der Waals surface area contributed by atoms with Crippen molar-refractivity contribution < 1.29 is 14.3 Å². The van der Waals surface area contributed by atoms with Crippen LogP contribution in [0, 0.1) is 0 Å². The van der Waals surface area contributed by atoms with Crippen LogP contribution in [-0.2, 0) is 11.2 Å². The average Bonchev–Trinajstić information content (AvgIpc) is 3.15. The Hall–Kier alpha value is -2.93. The van der Waals surface area contributed by atoms with Gasteiger partial charge in [0.15, 0.2) is 12.4 Å². The molecular weight excluding hydrogens is 350 g/mol. The minimum Gasteiger partial charge on any atom is -0.497 e. The van der Waals surface area contributed by atoms with Crippen molar-refractivity contribution in [3.63, 3.8) is 0 Å². The van der Waals surface area contributed by atoms with E-state index < -0.39 is 0 Å². The highest BCUT2D eigenvalue weighted by molar-refractivity contribution is 7.10. The zero-order valence-electron chi connectivity index (χ0n) is 14.6. The SMILES string of the molecule is CCc1ccc(OCC(=O)Nc2nc(-c3ccc(OC)cc3)ns2)cc1. The van der Waals surface area contributed by atoms with E-state index in [-0.39, 0.29) is 12.5 Å². The van der Waals surface area contributed by atoms with E-state index in [1.807, 2.05) is 48.5 Å². The van der Waals surface area contributed by atoms with Crippen LogP contribution in [0.5, 0.6) is 11.5 Å². The molecule has 0 unspecified atom stereocenters. The van der Waals surface area contributed by atoms with Gasteiger partial charge in [-0.25, -0.2) is 0 Å². The highest BCUT2D eigenvalue weighted by Crippen LogP contribution is 2.23. The lowest BCUT2D eigenvalue weighted by atomic mass is 10.2. The third-order valence-electron chi connectivity index (χ3n) is 3.72. The Labute approximate surface area is 156 Å². The van der Waals surface area contributed by atoms with Gasteiger partial charge in [0.05, 0.1) is 7.11 Å². The van der Waals surface area contributed by atoms with Crippen LogP contribution in [0.25, 0.3) is 11.4 Å². The predicted molar refractivity (Wildman–Crippen MR) is 102 cm³/mol. The summed E-state index contributed by atoms with van der Waals surface area (Å²) in [5, 5.41) is 3.14. The van der Waals surface area contributed by atoms with Gasteiger partial charge in [0.25, 0.3) is 5.91 Å². The highest BCUT2D eigenvalue weighted by Gasteiger charge is 2.10. The van der Waals surface area contributed by atoms with E-state index in [1.165, 1.54) is 5.56 Å². The molecule has 7 heteroatoms. The van der Waals surface area contributed by atoms with Crippen molar-refractivity contribution >= 4 is 22.6 Å². The Morgan fingerprint density at radius 1 is 1.08 bits per heavy atom. The third kappa shape index (κ3) is 4.58. The van der Waals surface area contributed by atoms with Gasteiger partial charge in [-0.15, -0.1) is 0 Å². The van der Waals surface area contributed by atoms with Crippen LogP contribution in [0.1, 0.15) is 12.5 Å². The molecule has 3 aromatic rings. The molecule has 1 aromatic heterocycles. The molecule has 0 saturated heterocycles. The van der Waals surface area contributed by atoms with E-state index in [9.17, 15) is 4.79 Å². The number of rotatable bonds is 7. The maximum Gasteiger partial charge on any atom is 0.264 e. The largest absolute Gasteiger partial charge is 0.497 e.